The van der Waals surface area contributed by atoms with E-state index < -0.39 is 5.82 Å². The summed E-state index contributed by atoms with van der Waals surface area (Å²) in [4.78, 5) is 13.5. The lowest BCUT2D eigenvalue weighted by molar-refractivity contribution is 0.613. The van der Waals surface area contributed by atoms with Gasteiger partial charge in [0.15, 0.2) is 5.82 Å². The number of anilines is 2. The second-order valence-corrected chi connectivity index (χ2v) is 2.95. The van der Waals surface area contributed by atoms with Crippen LogP contribution >= 0.6 is 0 Å². The van der Waals surface area contributed by atoms with Gasteiger partial charge in [0.25, 0.3) is 0 Å². The summed E-state index contributed by atoms with van der Waals surface area (Å²) in [6.07, 6.45) is 3.93. The van der Waals surface area contributed by atoms with E-state index in [9.17, 15) is 4.39 Å². The summed E-state index contributed by atoms with van der Waals surface area (Å²) < 4.78 is 12.6. The third kappa shape index (κ3) is 2.07. The Kier molecular flexibility index (Phi) is 2.53. The summed E-state index contributed by atoms with van der Waals surface area (Å²) in [7, 11) is 1.77. The summed E-state index contributed by atoms with van der Waals surface area (Å²) in [5, 5.41) is 0. The maximum atomic E-state index is 12.6. The van der Waals surface area contributed by atoms with Crippen LogP contribution in [0.5, 0.6) is 0 Å². The van der Waals surface area contributed by atoms with Crippen LogP contribution in [-0.4, -0.2) is 22.0 Å². The number of pyridine rings is 1. The number of halogens is 1. The van der Waals surface area contributed by atoms with Gasteiger partial charge < -0.3 is 0 Å². The van der Waals surface area contributed by atoms with E-state index in [1.165, 1.54) is 0 Å². The van der Waals surface area contributed by atoms with Crippen LogP contribution in [0.1, 0.15) is 0 Å². The van der Waals surface area contributed by atoms with Crippen LogP contribution < -0.4 is 4.90 Å². The van der Waals surface area contributed by atoms with Gasteiger partial charge in [-0.15, -0.1) is 0 Å². The molecule has 2 heterocycles. The van der Waals surface area contributed by atoms with E-state index in [0.717, 1.165) is 12.4 Å². The van der Waals surface area contributed by atoms with Crippen LogP contribution in [0, 0.1) is 5.82 Å². The van der Waals surface area contributed by atoms with E-state index in [1.54, 1.807) is 18.1 Å². The van der Waals surface area contributed by atoms with Gasteiger partial charge in [-0.05, 0) is 12.1 Å². The van der Waals surface area contributed by atoms with Crippen LogP contribution in [0.15, 0.2) is 36.8 Å². The van der Waals surface area contributed by atoms with Crippen LogP contribution in [0.3, 0.4) is 0 Å². The Labute approximate surface area is 86.4 Å². The second kappa shape index (κ2) is 4.00. The molecular weight excluding hydrogens is 195 g/mol. The minimum absolute atomic E-state index is 0.412. The van der Waals surface area contributed by atoms with Crippen molar-refractivity contribution >= 4 is 11.8 Å². The molecule has 0 aliphatic rings. The van der Waals surface area contributed by atoms with Crippen LogP contribution in [0.25, 0.3) is 0 Å². The molecule has 76 valence electrons. The van der Waals surface area contributed by atoms with Gasteiger partial charge in [-0.3, -0.25) is 4.90 Å². The number of nitrogens with zero attached hydrogens (tertiary/aromatic N) is 4. The van der Waals surface area contributed by atoms with Crippen molar-refractivity contribution in [3.8, 4) is 0 Å². The molecule has 2 rings (SSSR count). The zero-order valence-corrected chi connectivity index (χ0v) is 8.13. The smallest absolute Gasteiger partial charge is 0.230 e. The molecule has 0 saturated carbocycles. The molecule has 0 atom stereocenters. The molecule has 2 aromatic rings. The highest BCUT2D eigenvalue weighted by molar-refractivity contribution is 5.49. The Morgan fingerprint density at radius 2 is 1.87 bits per heavy atom. The highest BCUT2D eigenvalue weighted by Gasteiger charge is 2.06. The van der Waals surface area contributed by atoms with Gasteiger partial charge in [0.2, 0.25) is 5.95 Å². The van der Waals surface area contributed by atoms with Crippen molar-refractivity contribution in [3.63, 3.8) is 0 Å². The van der Waals surface area contributed by atoms with Crippen molar-refractivity contribution in [1.29, 1.82) is 0 Å². The number of hydrogen-bond donors (Lipinski definition) is 0. The third-order valence-electron chi connectivity index (χ3n) is 1.90. The highest BCUT2D eigenvalue weighted by Crippen LogP contribution is 2.15. The molecule has 0 N–H and O–H groups in total. The fourth-order valence-electron chi connectivity index (χ4n) is 1.13. The number of aromatic nitrogens is 3. The normalized spacial score (nSPS) is 10.0. The van der Waals surface area contributed by atoms with Crippen LogP contribution in [0.2, 0.25) is 0 Å². The topological polar surface area (TPSA) is 41.9 Å². The molecule has 4 nitrogen and oxygen atoms in total. The molecule has 0 aliphatic heterocycles. The maximum Gasteiger partial charge on any atom is 0.230 e. The maximum absolute atomic E-state index is 12.6. The average molecular weight is 204 g/mol. The molecule has 0 aliphatic carbocycles. The summed E-state index contributed by atoms with van der Waals surface area (Å²) in [6, 6.07) is 5.51. The molecule has 0 spiro atoms. The number of rotatable bonds is 2. The van der Waals surface area contributed by atoms with Crippen molar-refractivity contribution in [2.75, 3.05) is 11.9 Å². The minimum atomic E-state index is -0.451. The van der Waals surface area contributed by atoms with Crippen molar-refractivity contribution in [3.05, 3.63) is 42.6 Å². The van der Waals surface area contributed by atoms with E-state index in [4.69, 9.17) is 0 Å². The van der Waals surface area contributed by atoms with Gasteiger partial charge >= 0.3 is 0 Å². The summed E-state index contributed by atoms with van der Waals surface area (Å²) in [6.45, 7) is 0. The van der Waals surface area contributed by atoms with Crippen molar-refractivity contribution in [1.82, 2.24) is 15.0 Å². The summed E-state index contributed by atoms with van der Waals surface area (Å²) in [5.41, 5.74) is 0. The first-order valence-electron chi connectivity index (χ1n) is 4.39. The fraction of sp³-hybridized carbons (Fsp3) is 0.100. The molecule has 0 unspecified atom stereocenters. The van der Waals surface area contributed by atoms with Crippen molar-refractivity contribution < 1.29 is 4.39 Å². The predicted molar refractivity (Wildman–Crippen MR) is 54.3 cm³/mol. The molecular formula is C10H9FN4. The average Bonchev–Trinajstić information content (AvgIpc) is 2.30. The lowest BCUT2D eigenvalue weighted by atomic mass is 10.4. The standard InChI is InChI=1S/C10H9FN4/c1-15(9-4-2-3-5-12-9)10-13-6-8(11)7-14-10/h2-7H,1H3. The quantitative estimate of drug-likeness (QED) is 0.747. The van der Waals surface area contributed by atoms with Gasteiger partial charge in [-0.2, -0.15) is 0 Å². The second-order valence-electron chi connectivity index (χ2n) is 2.95. The van der Waals surface area contributed by atoms with Crippen LogP contribution in [0.4, 0.5) is 16.2 Å². The van der Waals surface area contributed by atoms with Crippen molar-refractivity contribution in [2.45, 2.75) is 0 Å². The first kappa shape index (κ1) is 9.51. The molecule has 0 aromatic carbocycles. The SMILES string of the molecule is CN(c1ccccn1)c1ncc(F)cn1. The van der Waals surface area contributed by atoms with Gasteiger partial charge in [0.05, 0.1) is 12.4 Å². The molecule has 0 amide bonds. The van der Waals surface area contributed by atoms with E-state index in [1.807, 2.05) is 18.2 Å². The molecule has 5 heteroatoms. The van der Waals surface area contributed by atoms with E-state index in [2.05, 4.69) is 15.0 Å². The Balaban J connectivity index is 2.29. The van der Waals surface area contributed by atoms with E-state index in [0.29, 0.717) is 11.8 Å². The zero-order chi connectivity index (χ0) is 10.7. The fourth-order valence-corrected chi connectivity index (χ4v) is 1.13. The van der Waals surface area contributed by atoms with Gasteiger partial charge in [0.1, 0.15) is 5.82 Å². The van der Waals surface area contributed by atoms with Gasteiger partial charge in [-0.25, -0.2) is 19.3 Å². The molecule has 0 saturated heterocycles. The Morgan fingerprint density at radius 3 is 2.47 bits per heavy atom. The zero-order valence-electron chi connectivity index (χ0n) is 8.13. The predicted octanol–water partition coefficient (Wildman–Crippen LogP) is 1.78. The monoisotopic (exact) mass is 204 g/mol. The highest BCUT2D eigenvalue weighted by atomic mass is 19.1. The first-order chi connectivity index (χ1) is 7.27. The summed E-state index contributed by atoms with van der Waals surface area (Å²) in [5.74, 6) is 0.673. The first-order valence-corrected chi connectivity index (χ1v) is 4.39. The Morgan fingerprint density at radius 1 is 1.13 bits per heavy atom. The number of hydrogen-bond acceptors (Lipinski definition) is 4. The van der Waals surface area contributed by atoms with Crippen LogP contribution in [-0.2, 0) is 0 Å². The van der Waals surface area contributed by atoms with Crippen molar-refractivity contribution in [2.24, 2.45) is 0 Å². The Hall–Kier alpha value is -2.04. The minimum Gasteiger partial charge on any atom is -0.298 e. The van der Waals surface area contributed by atoms with E-state index in [-0.39, 0.29) is 0 Å². The van der Waals surface area contributed by atoms with Gasteiger partial charge in [-0.1, -0.05) is 6.07 Å². The molecule has 15 heavy (non-hydrogen) atoms. The molecule has 0 bridgehead atoms. The molecule has 0 fully saturated rings. The third-order valence-corrected chi connectivity index (χ3v) is 1.90. The van der Waals surface area contributed by atoms with E-state index >= 15 is 0 Å². The largest absolute Gasteiger partial charge is 0.298 e. The lowest BCUT2D eigenvalue weighted by Crippen LogP contribution is -2.14. The summed E-state index contributed by atoms with van der Waals surface area (Å²) >= 11 is 0. The Bertz CT molecular complexity index is 429. The van der Waals surface area contributed by atoms with Gasteiger partial charge in [0, 0.05) is 13.2 Å². The molecule has 0 radical (unpaired) electrons. The lowest BCUT2D eigenvalue weighted by Gasteiger charge is -2.14. The molecule has 2 aromatic heterocycles.